The lowest BCUT2D eigenvalue weighted by Crippen LogP contribution is -2.41. The number of ether oxygens (including phenoxy) is 1. The Hall–Kier alpha value is -1.59. The summed E-state index contributed by atoms with van der Waals surface area (Å²) in [5, 5.41) is 6.76. The van der Waals surface area contributed by atoms with Crippen LogP contribution in [-0.4, -0.2) is 49.7 Å². The number of hydrogen-bond donors (Lipinski definition) is 2. The van der Waals surface area contributed by atoms with Crippen molar-refractivity contribution in [3.8, 4) is 0 Å². The van der Waals surface area contributed by atoms with Gasteiger partial charge >= 0.3 is 0 Å². The minimum absolute atomic E-state index is 0.324. The van der Waals surface area contributed by atoms with Gasteiger partial charge in [-0.05, 0) is 62.7 Å². The van der Waals surface area contributed by atoms with Crippen LogP contribution in [0.2, 0.25) is 0 Å². The number of aliphatic imine (C=N–C) groups is 1. The van der Waals surface area contributed by atoms with Crippen molar-refractivity contribution in [1.29, 1.82) is 0 Å². The van der Waals surface area contributed by atoms with Crippen LogP contribution in [0.25, 0.3) is 0 Å². The molecule has 3 rings (SSSR count). The van der Waals surface area contributed by atoms with Crippen molar-refractivity contribution in [2.45, 2.75) is 58.7 Å². The molecule has 2 aliphatic heterocycles. The molecule has 27 heavy (non-hydrogen) atoms. The smallest absolute Gasteiger partial charge is 0.191 e. The molecule has 0 bridgehead atoms. The van der Waals surface area contributed by atoms with Gasteiger partial charge in [-0.2, -0.15) is 0 Å². The number of nitrogens with zero attached hydrogens (tertiary/aromatic N) is 2. The normalized spacial score (nSPS) is 22.1. The Morgan fingerprint density at radius 1 is 1.19 bits per heavy atom. The predicted molar refractivity (Wildman–Crippen MR) is 112 cm³/mol. The van der Waals surface area contributed by atoms with Gasteiger partial charge in [0, 0.05) is 26.2 Å². The first-order valence-corrected chi connectivity index (χ1v) is 10.7. The van der Waals surface area contributed by atoms with Crippen molar-refractivity contribution in [3.63, 3.8) is 0 Å². The third-order valence-corrected chi connectivity index (χ3v) is 5.56. The van der Waals surface area contributed by atoms with Gasteiger partial charge < -0.3 is 15.4 Å². The van der Waals surface area contributed by atoms with Crippen LogP contribution in [0.1, 0.15) is 50.7 Å². The molecular formula is C22H36N4O. The highest BCUT2D eigenvalue weighted by molar-refractivity contribution is 5.79. The maximum atomic E-state index is 5.69. The van der Waals surface area contributed by atoms with Gasteiger partial charge in [-0.1, -0.05) is 31.2 Å². The number of piperidine rings is 1. The van der Waals surface area contributed by atoms with Crippen LogP contribution < -0.4 is 10.6 Å². The lowest BCUT2D eigenvalue weighted by atomic mass is 9.98. The lowest BCUT2D eigenvalue weighted by molar-refractivity contribution is 0.114. The summed E-state index contributed by atoms with van der Waals surface area (Å²) in [7, 11) is 0. The topological polar surface area (TPSA) is 48.9 Å². The van der Waals surface area contributed by atoms with E-state index in [0.717, 1.165) is 44.5 Å². The molecule has 2 fully saturated rings. The van der Waals surface area contributed by atoms with E-state index in [1.165, 1.54) is 43.5 Å². The van der Waals surface area contributed by atoms with Gasteiger partial charge in [0.05, 0.1) is 12.6 Å². The Bertz CT molecular complexity index is 590. The molecule has 1 aromatic carbocycles. The van der Waals surface area contributed by atoms with Gasteiger partial charge in [0.25, 0.3) is 0 Å². The molecular weight excluding hydrogens is 336 g/mol. The van der Waals surface area contributed by atoms with Crippen molar-refractivity contribution in [2.75, 3.05) is 32.8 Å². The minimum atomic E-state index is 0.324. The zero-order valence-electron chi connectivity index (χ0n) is 17.0. The molecule has 150 valence electrons. The molecule has 2 saturated heterocycles. The summed E-state index contributed by atoms with van der Waals surface area (Å²) in [4.78, 5) is 7.35. The van der Waals surface area contributed by atoms with Crippen molar-refractivity contribution in [2.24, 2.45) is 10.9 Å². The molecule has 5 heteroatoms. The van der Waals surface area contributed by atoms with Crippen molar-refractivity contribution in [1.82, 2.24) is 15.5 Å². The molecule has 2 aliphatic rings. The lowest BCUT2D eigenvalue weighted by Gasteiger charge is -2.30. The summed E-state index contributed by atoms with van der Waals surface area (Å²) < 4.78 is 5.69. The predicted octanol–water partition coefficient (Wildman–Crippen LogP) is 3.15. The van der Waals surface area contributed by atoms with Crippen molar-refractivity contribution in [3.05, 3.63) is 35.4 Å². The van der Waals surface area contributed by atoms with E-state index in [-0.39, 0.29) is 0 Å². The number of likely N-dealkylation sites (tertiary alicyclic amines) is 1. The molecule has 0 amide bonds. The monoisotopic (exact) mass is 372 g/mol. The first kappa shape index (κ1) is 20.2. The summed E-state index contributed by atoms with van der Waals surface area (Å²) in [6, 6.07) is 8.89. The first-order valence-electron chi connectivity index (χ1n) is 10.7. The first-order chi connectivity index (χ1) is 13.2. The van der Waals surface area contributed by atoms with E-state index in [2.05, 4.69) is 53.6 Å². The van der Waals surface area contributed by atoms with E-state index < -0.39 is 0 Å². The largest absolute Gasteiger partial charge is 0.376 e. The third kappa shape index (κ3) is 6.82. The Kier molecular flexibility index (Phi) is 7.96. The summed E-state index contributed by atoms with van der Waals surface area (Å²) >= 11 is 0. The van der Waals surface area contributed by atoms with Crippen LogP contribution in [0.15, 0.2) is 29.3 Å². The summed E-state index contributed by atoms with van der Waals surface area (Å²) in [5.74, 6) is 1.76. The van der Waals surface area contributed by atoms with Gasteiger partial charge in [0.15, 0.2) is 5.96 Å². The van der Waals surface area contributed by atoms with Crippen LogP contribution in [0.4, 0.5) is 0 Å². The molecule has 0 radical (unpaired) electrons. The molecule has 5 nitrogen and oxygen atoms in total. The highest BCUT2D eigenvalue weighted by Gasteiger charge is 2.16. The van der Waals surface area contributed by atoms with Gasteiger partial charge in [-0.25, -0.2) is 4.99 Å². The van der Waals surface area contributed by atoms with E-state index in [1.807, 2.05) is 0 Å². The van der Waals surface area contributed by atoms with Crippen LogP contribution >= 0.6 is 0 Å². The van der Waals surface area contributed by atoms with Crippen LogP contribution in [0, 0.1) is 5.92 Å². The Balaban J connectivity index is 1.52. The van der Waals surface area contributed by atoms with E-state index in [0.29, 0.717) is 12.6 Å². The molecule has 1 aromatic rings. The number of hydrogen-bond acceptors (Lipinski definition) is 3. The fourth-order valence-electron chi connectivity index (χ4n) is 3.83. The second kappa shape index (κ2) is 10.7. The number of nitrogens with one attached hydrogen (secondary N) is 2. The number of rotatable bonds is 7. The summed E-state index contributed by atoms with van der Waals surface area (Å²) in [6.07, 6.45) is 5.29. The third-order valence-electron chi connectivity index (χ3n) is 5.56. The van der Waals surface area contributed by atoms with Crippen LogP contribution in [-0.2, 0) is 17.8 Å². The van der Waals surface area contributed by atoms with Gasteiger partial charge in [-0.15, -0.1) is 0 Å². The fourth-order valence-corrected chi connectivity index (χ4v) is 3.83. The van der Waals surface area contributed by atoms with Gasteiger partial charge in [0.2, 0.25) is 0 Å². The molecule has 2 heterocycles. The minimum Gasteiger partial charge on any atom is -0.376 e. The second-order valence-electron chi connectivity index (χ2n) is 7.99. The van der Waals surface area contributed by atoms with Crippen molar-refractivity contribution < 1.29 is 4.74 Å². The van der Waals surface area contributed by atoms with E-state index in [9.17, 15) is 0 Å². The van der Waals surface area contributed by atoms with E-state index in [1.54, 1.807) is 0 Å². The van der Waals surface area contributed by atoms with Gasteiger partial charge in [0.1, 0.15) is 0 Å². The highest BCUT2D eigenvalue weighted by atomic mass is 16.5. The van der Waals surface area contributed by atoms with Crippen LogP contribution in [0.3, 0.4) is 0 Å². The molecule has 0 spiro atoms. The second-order valence-corrected chi connectivity index (χ2v) is 7.99. The average Bonchev–Trinajstić information content (AvgIpc) is 3.20. The quantitative estimate of drug-likeness (QED) is 0.570. The summed E-state index contributed by atoms with van der Waals surface area (Å²) in [5.41, 5.74) is 2.67. The molecule has 0 aliphatic carbocycles. The maximum Gasteiger partial charge on any atom is 0.191 e. The molecule has 1 unspecified atom stereocenters. The van der Waals surface area contributed by atoms with Crippen LogP contribution in [0.5, 0.6) is 0 Å². The zero-order valence-corrected chi connectivity index (χ0v) is 17.0. The van der Waals surface area contributed by atoms with Crippen molar-refractivity contribution >= 4 is 5.96 Å². The Morgan fingerprint density at radius 3 is 2.74 bits per heavy atom. The number of benzene rings is 1. The van der Waals surface area contributed by atoms with E-state index in [4.69, 9.17) is 9.73 Å². The standard InChI is InChI=1S/C22H36N4O/c1-3-23-22(25-16-21-8-5-13-27-21)24-15-19-6-4-7-20(14-19)17-26-11-9-18(2)10-12-26/h4,6-7,14,18,21H,3,5,8-13,15-17H2,1-2H3,(H2,23,24,25). The average molecular weight is 373 g/mol. The SMILES string of the molecule is CCNC(=NCc1cccc(CN2CCC(C)CC2)c1)NCC1CCCO1. The molecule has 0 saturated carbocycles. The number of guanidine groups is 1. The Morgan fingerprint density at radius 2 is 2.00 bits per heavy atom. The fraction of sp³-hybridized carbons (Fsp3) is 0.682. The Labute approximate surface area is 164 Å². The summed E-state index contributed by atoms with van der Waals surface area (Å²) in [6.45, 7) is 11.3. The zero-order chi connectivity index (χ0) is 18.9. The highest BCUT2D eigenvalue weighted by Crippen LogP contribution is 2.18. The van der Waals surface area contributed by atoms with E-state index >= 15 is 0 Å². The molecule has 0 aromatic heterocycles. The maximum absolute atomic E-state index is 5.69. The van der Waals surface area contributed by atoms with Gasteiger partial charge in [-0.3, -0.25) is 4.90 Å². The molecule has 2 N–H and O–H groups in total. The molecule has 1 atom stereocenters.